The lowest BCUT2D eigenvalue weighted by Crippen LogP contribution is -2.31. The number of hydrogen-bond acceptors (Lipinski definition) is 4. The molecule has 0 atom stereocenters. The van der Waals surface area contributed by atoms with Crippen LogP contribution in [0.1, 0.15) is 12.5 Å². The molecule has 0 unspecified atom stereocenters. The summed E-state index contributed by atoms with van der Waals surface area (Å²) in [7, 11) is 1.63. The summed E-state index contributed by atoms with van der Waals surface area (Å²) >= 11 is 0. The maximum absolute atomic E-state index is 12.1. The first-order valence-corrected chi connectivity index (χ1v) is 7.79. The van der Waals surface area contributed by atoms with Gasteiger partial charge in [-0.05, 0) is 29.8 Å². The van der Waals surface area contributed by atoms with Crippen LogP contribution in [0.2, 0.25) is 0 Å². The number of carbonyl (C=O) groups is 3. The Kier molecular flexibility index (Phi) is 6.28. The minimum absolute atomic E-state index is 0.0582. The van der Waals surface area contributed by atoms with E-state index in [9.17, 15) is 14.4 Å². The van der Waals surface area contributed by atoms with Crippen LogP contribution in [0.3, 0.4) is 0 Å². The molecule has 0 bridgehead atoms. The molecule has 0 aliphatic carbocycles. The number of para-hydroxylation sites is 1. The van der Waals surface area contributed by atoms with Gasteiger partial charge in [-0.1, -0.05) is 30.3 Å². The Labute approximate surface area is 146 Å². The molecular weight excluding hydrogens is 320 g/mol. The molecule has 6 heteroatoms. The van der Waals surface area contributed by atoms with Gasteiger partial charge in [0.2, 0.25) is 5.91 Å². The van der Waals surface area contributed by atoms with Crippen molar-refractivity contribution in [2.75, 3.05) is 23.9 Å². The molecule has 6 nitrogen and oxygen atoms in total. The molecule has 0 heterocycles. The van der Waals surface area contributed by atoms with Gasteiger partial charge in [-0.15, -0.1) is 0 Å². The molecule has 0 saturated carbocycles. The molecule has 0 radical (unpaired) electrons. The van der Waals surface area contributed by atoms with Gasteiger partial charge in [-0.3, -0.25) is 14.4 Å². The number of likely N-dealkylation sites (N-methyl/N-ethyl adjacent to an activating group) is 1. The van der Waals surface area contributed by atoms with Gasteiger partial charge in [-0.25, -0.2) is 0 Å². The number of hydrogen-bond donors (Lipinski definition) is 1. The van der Waals surface area contributed by atoms with E-state index in [1.165, 1.54) is 11.8 Å². The minimum Gasteiger partial charge on any atom is -0.455 e. The number of anilines is 2. The molecule has 0 aliphatic rings. The fourth-order valence-electron chi connectivity index (χ4n) is 2.16. The molecule has 0 aliphatic heterocycles. The van der Waals surface area contributed by atoms with Crippen LogP contribution in [0.15, 0.2) is 54.6 Å². The molecule has 25 heavy (non-hydrogen) atoms. The number of nitrogens with one attached hydrogen (secondary N) is 1. The van der Waals surface area contributed by atoms with E-state index in [0.29, 0.717) is 5.69 Å². The lowest BCUT2D eigenvalue weighted by molar-refractivity contribution is -0.147. The van der Waals surface area contributed by atoms with Crippen LogP contribution in [0.25, 0.3) is 0 Å². The van der Waals surface area contributed by atoms with Gasteiger partial charge in [0.05, 0.1) is 6.42 Å². The normalized spacial score (nSPS) is 10.0. The van der Waals surface area contributed by atoms with Gasteiger partial charge in [0.1, 0.15) is 0 Å². The van der Waals surface area contributed by atoms with E-state index in [-0.39, 0.29) is 24.8 Å². The Bertz CT molecular complexity index is 742. The predicted molar refractivity (Wildman–Crippen MR) is 95.3 cm³/mol. The van der Waals surface area contributed by atoms with Crippen molar-refractivity contribution >= 4 is 29.2 Å². The Morgan fingerprint density at radius 3 is 2.24 bits per heavy atom. The van der Waals surface area contributed by atoms with Gasteiger partial charge in [0.15, 0.2) is 6.61 Å². The maximum atomic E-state index is 12.1. The van der Waals surface area contributed by atoms with Crippen molar-refractivity contribution in [1.82, 2.24) is 0 Å². The van der Waals surface area contributed by atoms with Crippen LogP contribution in [-0.4, -0.2) is 31.4 Å². The van der Waals surface area contributed by atoms with Gasteiger partial charge < -0.3 is 15.0 Å². The second-order valence-electron chi connectivity index (χ2n) is 5.50. The molecule has 2 amide bonds. The predicted octanol–water partition coefficient (Wildman–Crippen LogP) is 2.39. The monoisotopic (exact) mass is 340 g/mol. The van der Waals surface area contributed by atoms with Gasteiger partial charge in [0, 0.05) is 25.3 Å². The molecule has 0 saturated heterocycles. The van der Waals surface area contributed by atoms with Crippen LogP contribution >= 0.6 is 0 Å². The summed E-state index contributed by atoms with van der Waals surface area (Å²) in [6.07, 6.45) is 0.0582. The molecule has 1 N–H and O–H groups in total. The zero-order valence-corrected chi connectivity index (χ0v) is 14.2. The van der Waals surface area contributed by atoms with E-state index < -0.39 is 5.97 Å². The van der Waals surface area contributed by atoms with Crippen LogP contribution in [0.4, 0.5) is 11.4 Å². The van der Waals surface area contributed by atoms with Crippen molar-refractivity contribution < 1.29 is 19.1 Å². The van der Waals surface area contributed by atoms with Crippen molar-refractivity contribution in [2.24, 2.45) is 0 Å². The lowest BCUT2D eigenvalue weighted by atomic mass is 10.1. The van der Waals surface area contributed by atoms with Crippen LogP contribution < -0.4 is 10.2 Å². The van der Waals surface area contributed by atoms with E-state index >= 15 is 0 Å². The molecule has 130 valence electrons. The highest BCUT2D eigenvalue weighted by Crippen LogP contribution is 2.12. The smallest absolute Gasteiger partial charge is 0.310 e. The Morgan fingerprint density at radius 1 is 1.00 bits per heavy atom. The first-order chi connectivity index (χ1) is 12.0. The standard InChI is InChI=1S/C19H20N2O4/c1-14(22)20-16-10-8-15(9-11-16)12-19(24)25-13-18(23)21(2)17-6-4-3-5-7-17/h3-11H,12-13H2,1-2H3,(H,20,22). The highest BCUT2D eigenvalue weighted by Gasteiger charge is 2.13. The number of benzene rings is 2. The third kappa shape index (κ3) is 5.76. The van der Waals surface area contributed by atoms with E-state index in [1.54, 1.807) is 43.4 Å². The molecule has 2 rings (SSSR count). The first-order valence-electron chi connectivity index (χ1n) is 7.79. The van der Waals surface area contributed by atoms with Crippen LogP contribution in [0.5, 0.6) is 0 Å². The van der Waals surface area contributed by atoms with E-state index in [0.717, 1.165) is 11.3 Å². The number of carbonyl (C=O) groups excluding carboxylic acids is 3. The number of amides is 2. The lowest BCUT2D eigenvalue weighted by Gasteiger charge is -2.17. The molecule has 2 aromatic rings. The summed E-state index contributed by atoms with van der Waals surface area (Å²) in [4.78, 5) is 36.3. The Hall–Kier alpha value is -3.15. The zero-order valence-electron chi connectivity index (χ0n) is 14.2. The first kappa shape index (κ1) is 18.2. The molecule has 0 fully saturated rings. The largest absolute Gasteiger partial charge is 0.455 e. The summed E-state index contributed by atoms with van der Waals surface area (Å²) in [5.41, 5.74) is 2.13. The van der Waals surface area contributed by atoms with Crippen molar-refractivity contribution in [2.45, 2.75) is 13.3 Å². The third-order valence-corrected chi connectivity index (χ3v) is 3.50. The summed E-state index contributed by atoms with van der Waals surface area (Å²) in [5.74, 6) is -0.948. The summed E-state index contributed by atoms with van der Waals surface area (Å²) in [6, 6.07) is 16.0. The average molecular weight is 340 g/mol. The highest BCUT2D eigenvalue weighted by atomic mass is 16.5. The third-order valence-electron chi connectivity index (χ3n) is 3.50. The summed E-state index contributed by atoms with van der Waals surface area (Å²) in [6.45, 7) is 1.11. The molecule has 0 aromatic heterocycles. The van der Waals surface area contributed by atoms with Crippen molar-refractivity contribution in [3.05, 3.63) is 60.2 Å². The summed E-state index contributed by atoms with van der Waals surface area (Å²) in [5, 5.41) is 2.65. The van der Waals surface area contributed by atoms with Gasteiger partial charge in [-0.2, -0.15) is 0 Å². The van der Waals surface area contributed by atoms with Crippen molar-refractivity contribution in [3.8, 4) is 0 Å². The fourth-order valence-corrected chi connectivity index (χ4v) is 2.16. The van der Waals surface area contributed by atoms with Crippen molar-refractivity contribution in [3.63, 3.8) is 0 Å². The van der Waals surface area contributed by atoms with E-state index in [1.807, 2.05) is 18.2 Å². The average Bonchev–Trinajstić information content (AvgIpc) is 2.61. The van der Waals surface area contributed by atoms with Gasteiger partial charge in [0.25, 0.3) is 5.91 Å². The maximum Gasteiger partial charge on any atom is 0.310 e. The topological polar surface area (TPSA) is 75.7 Å². The van der Waals surface area contributed by atoms with E-state index in [2.05, 4.69) is 5.32 Å². The molecular formula is C19H20N2O4. The number of rotatable bonds is 6. The van der Waals surface area contributed by atoms with Crippen molar-refractivity contribution in [1.29, 1.82) is 0 Å². The number of esters is 1. The zero-order chi connectivity index (χ0) is 18.2. The highest BCUT2D eigenvalue weighted by molar-refractivity contribution is 5.94. The quantitative estimate of drug-likeness (QED) is 0.819. The van der Waals surface area contributed by atoms with Crippen LogP contribution in [-0.2, 0) is 25.5 Å². The number of nitrogens with zero attached hydrogens (tertiary/aromatic N) is 1. The van der Waals surface area contributed by atoms with E-state index in [4.69, 9.17) is 4.74 Å². The Balaban J connectivity index is 1.82. The van der Waals surface area contributed by atoms with Gasteiger partial charge >= 0.3 is 5.97 Å². The SMILES string of the molecule is CC(=O)Nc1ccc(CC(=O)OCC(=O)N(C)c2ccccc2)cc1. The second kappa shape index (κ2) is 8.63. The fraction of sp³-hybridized carbons (Fsp3) is 0.211. The van der Waals surface area contributed by atoms with Crippen LogP contribution in [0, 0.1) is 0 Å². The summed E-state index contributed by atoms with van der Waals surface area (Å²) < 4.78 is 5.05. The second-order valence-corrected chi connectivity index (χ2v) is 5.50. The number of ether oxygens (including phenoxy) is 1. The Morgan fingerprint density at radius 2 is 1.64 bits per heavy atom. The minimum atomic E-state index is -0.484. The molecule has 0 spiro atoms. The molecule has 2 aromatic carbocycles.